The van der Waals surface area contributed by atoms with Gasteiger partial charge in [-0.3, -0.25) is 4.79 Å². The molecule has 3 heteroatoms. The van der Waals surface area contributed by atoms with Crippen molar-refractivity contribution >= 4 is 5.91 Å². The number of carbonyl (C=O) groups is 1. The molecule has 0 aliphatic heterocycles. The van der Waals surface area contributed by atoms with Crippen LogP contribution in [0.15, 0.2) is 0 Å². The minimum Gasteiger partial charge on any atom is -0.353 e. The molecule has 4 unspecified atom stereocenters. The van der Waals surface area contributed by atoms with Crippen LogP contribution in [0.5, 0.6) is 0 Å². The number of nitrogens with one attached hydrogen (secondary N) is 1. The van der Waals surface area contributed by atoms with E-state index in [-0.39, 0.29) is 17.9 Å². The highest BCUT2D eigenvalue weighted by molar-refractivity contribution is 5.79. The molecule has 82 valence electrons. The van der Waals surface area contributed by atoms with Gasteiger partial charge in [-0.2, -0.15) is 0 Å². The van der Waals surface area contributed by atoms with E-state index in [4.69, 9.17) is 5.73 Å². The highest BCUT2D eigenvalue weighted by Crippen LogP contribution is 2.24. The van der Waals surface area contributed by atoms with Gasteiger partial charge in [0.05, 0.1) is 0 Å². The maximum absolute atomic E-state index is 11.7. The predicted octanol–water partition coefficient (Wildman–Crippen LogP) is 1.27. The SMILES string of the molecule is CC1CCC(NC(=O)C(C)C(C)N)C1. The topological polar surface area (TPSA) is 55.1 Å². The molecule has 1 aliphatic carbocycles. The van der Waals surface area contributed by atoms with Crippen molar-refractivity contribution in [1.82, 2.24) is 5.32 Å². The Hall–Kier alpha value is -0.570. The van der Waals surface area contributed by atoms with Crippen LogP contribution >= 0.6 is 0 Å². The molecule has 3 N–H and O–H groups in total. The van der Waals surface area contributed by atoms with E-state index in [2.05, 4.69) is 12.2 Å². The molecular weight excluding hydrogens is 176 g/mol. The van der Waals surface area contributed by atoms with Gasteiger partial charge in [0.15, 0.2) is 0 Å². The molecule has 0 heterocycles. The molecule has 0 saturated heterocycles. The Labute approximate surface area is 86.4 Å². The van der Waals surface area contributed by atoms with Crippen molar-refractivity contribution in [2.45, 2.75) is 52.1 Å². The second-order valence-corrected chi connectivity index (χ2v) is 4.77. The highest BCUT2D eigenvalue weighted by Gasteiger charge is 2.25. The largest absolute Gasteiger partial charge is 0.353 e. The summed E-state index contributed by atoms with van der Waals surface area (Å²) in [6.45, 7) is 6.00. The standard InChI is InChI=1S/C11H22N2O/c1-7-4-5-10(6-7)13-11(14)8(2)9(3)12/h7-10H,4-6,12H2,1-3H3,(H,13,14). The Morgan fingerprint density at radius 2 is 2.07 bits per heavy atom. The van der Waals surface area contributed by atoms with Crippen LogP contribution in [-0.2, 0) is 4.79 Å². The van der Waals surface area contributed by atoms with Crippen LogP contribution < -0.4 is 11.1 Å². The molecule has 1 rings (SSSR count). The molecule has 0 bridgehead atoms. The van der Waals surface area contributed by atoms with E-state index in [1.807, 2.05) is 13.8 Å². The molecular formula is C11H22N2O. The molecule has 4 atom stereocenters. The fourth-order valence-electron chi connectivity index (χ4n) is 1.91. The second kappa shape index (κ2) is 4.78. The number of nitrogens with two attached hydrogens (primary N) is 1. The van der Waals surface area contributed by atoms with Gasteiger partial charge in [-0.1, -0.05) is 13.8 Å². The van der Waals surface area contributed by atoms with Crippen LogP contribution in [0.3, 0.4) is 0 Å². The van der Waals surface area contributed by atoms with Gasteiger partial charge >= 0.3 is 0 Å². The van der Waals surface area contributed by atoms with E-state index < -0.39 is 0 Å². The summed E-state index contributed by atoms with van der Waals surface area (Å²) in [5.41, 5.74) is 5.68. The molecule has 0 spiro atoms. The maximum Gasteiger partial charge on any atom is 0.224 e. The van der Waals surface area contributed by atoms with Gasteiger partial charge in [-0.25, -0.2) is 0 Å². The lowest BCUT2D eigenvalue weighted by atomic mass is 10.0. The van der Waals surface area contributed by atoms with Crippen molar-refractivity contribution in [3.63, 3.8) is 0 Å². The van der Waals surface area contributed by atoms with E-state index in [0.717, 1.165) is 18.8 Å². The zero-order valence-corrected chi connectivity index (χ0v) is 9.42. The predicted molar refractivity (Wildman–Crippen MR) is 57.8 cm³/mol. The van der Waals surface area contributed by atoms with Crippen molar-refractivity contribution < 1.29 is 4.79 Å². The minimum absolute atomic E-state index is 0.0613. The van der Waals surface area contributed by atoms with Crippen molar-refractivity contribution in [2.75, 3.05) is 0 Å². The summed E-state index contributed by atoms with van der Waals surface area (Å²) in [6.07, 6.45) is 3.48. The summed E-state index contributed by atoms with van der Waals surface area (Å²) >= 11 is 0. The van der Waals surface area contributed by atoms with Gasteiger partial charge in [0, 0.05) is 18.0 Å². The van der Waals surface area contributed by atoms with Crippen LogP contribution in [-0.4, -0.2) is 18.0 Å². The van der Waals surface area contributed by atoms with Gasteiger partial charge in [0.2, 0.25) is 5.91 Å². The third-order valence-electron chi connectivity index (χ3n) is 3.24. The summed E-state index contributed by atoms with van der Waals surface area (Å²) in [5.74, 6) is 0.788. The van der Waals surface area contributed by atoms with Crippen molar-refractivity contribution in [1.29, 1.82) is 0 Å². The average Bonchev–Trinajstić information content (AvgIpc) is 2.49. The van der Waals surface area contributed by atoms with Crippen molar-refractivity contribution in [3.8, 4) is 0 Å². The molecule has 0 aromatic carbocycles. The van der Waals surface area contributed by atoms with Crippen LogP contribution in [0, 0.1) is 11.8 Å². The number of amides is 1. The fraction of sp³-hybridized carbons (Fsp3) is 0.909. The zero-order chi connectivity index (χ0) is 10.7. The molecule has 0 aromatic heterocycles. The molecule has 1 fully saturated rings. The first kappa shape index (κ1) is 11.5. The lowest BCUT2D eigenvalue weighted by Gasteiger charge is -2.19. The second-order valence-electron chi connectivity index (χ2n) is 4.77. The molecule has 14 heavy (non-hydrogen) atoms. The highest BCUT2D eigenvalue weighted by atomic mass is 16.1. The Morgan fingerprint density at radius 3 is 2.50 bits per heavy atom. The Balaban J connectivity index is 2.33. The number of carbonyl (C=O) groups excluding carboxylic acids is 1. The van der Waals surface area contributed by atoms with E-state index >= 15 is 0 Å². The summed E-state index contributed by atoms with van der Waals surface area (Å²) in [5, 5.41) is 3.07. The van der Waals surface area contributed by atoms with E-state index in [0.29, 0.717) is 6.04 Å². The summed E-state index contributed by atoms with van der Waals surface area (Å²) in [4.78, 5) is 11.7. The molecule has 0 aromatic rings. The normalized spacial score (nSPS) is 31.1. The summed E-state index contributed by atoms with van der Waals surface area (Å²) in [7, 11) is 0. The number of hydrogen-bond acceptors (Lipinski definition) is 2. The maximum atomic E-state index is 11.7. The Kier molecular flexibility index (Phi) is 3.93. The Bertz CT molecular complexity index is 203. The van der Waals surface area contributed by atoms with E-state index in [1.54, 1.807) is 0 Å². The third-order valence-corrected chi connectivity index (χ3v) is 3.24. The summed E-state index contributed by atoms with van der Waals surface area (Å²) < 4.78 is 0. The van der Waals surface area contributed by atoms with Gasteiger partial charge < -0.3 is 11.1 Å². The molecule has 1 amide bonds. The first-order chi connectivity index (χ1) is 6.50. The van der Waals surface area contributed by atoms with Gasteiger partial charge in [0.1, 0.15) is 0 Å². The lowest BCUT2D eigenvalue weighted by molar-refractivity contribution is -0.125. The minimum atomic E-state index is -0.0779. The fourth-order valence-corrected chi connectivity index (χ4v) is 1.91. The average molecular weight is 198 g/mol. The molecule has 0 radical (unpaired) electrons. The summed E-state index contributed by atoms with van der Waals surface area (Å²) in [6, 6.07) is 0.326. The van der Waals surface area contributed by atoms with Crippen LogP contribution in [0.4, 0.5) is 0 Å². The quantitative estimate of drug-likeness (QED) is 0.717. The van der Waals surface area contributed by atoms with Gasteiger partial charge in [-0.05, 0) is 32.1 Å². The number of hydrogen-bond donors (Lipinski definition) is 2. The van der Waals surface area contributed by atoms with Crippen molar-refractivity contribution in [3.05, 3.63) is 0 Å². The first-order valence-corrected chi connectivity index (χ1v) is 5.56. The third kappa shape index (κ3) is 2.98. The van der Waals surface area contributed by atoms with Crippen molar-refractivity contribution in [2.24, 2.45) is 17.6 Å². The monoisotopic (exact) mass is 198 g/mol. The smallest absolute Gasteiger partial charge is 0.224 e. The van der Waals surface area contributed by atoms with E-state index in [9.17, 15) is 4.79 Å². The number of rotatable bonds is 3. The van der Waals surface area contributed by atoms with Gasteiger partial charge in [-0.15, -0.1) is 0 Å². The van der Waals surface area contributed by atoms with Crippen LogP contribution in [0.2, 0.25) is 0 Å². The Morgan fingerprint density at radius 1 is 1.43 bits per heavy atom. The lowest BCUT2D eigenvalue weighted by Crippen LogP contribution is -2.42. The van der Waals surface area contributed by atoms with E-state index in [1.165, 1.54) is 6.42 Å². The van der Waals surface area contributed by atoms with Crippen LogP contribution in [0.25, 0.3) is 0 Å². The molecule has 3 nitrogen and oxygen atoms in total. The van der Waals surface area contributed by atoms with Gasteiger partial charge in [0.25, 0.3) is 0 Å². The first-order valence-electron chi connectivity index (χ1n) is 5.56. The molecule has 1 saturated carbocycles. The molecule has 1 aliphatic rings. The van der Waals surface area contributed by atoms with Crippen LogP contribution in [0.1, 0.15) is 40.0 Å². The zero-order valence-electron chi connectivity index (χ0n) is 9.42.